The number of fused-ring (bicyclic) bond motifs is 1. The molecule has 5 heteroatoms. The maximum absolute atomic E-state index is 6.13. The number of nitrogens with zero attached hydrogens (tertiary/aromatic N) is 2. The Bertz CT molecular complexity index is 653. The van der Waals surface area contributed by atoms with Crippen LogP contribution in [0.1, 0.15) is 32.2 Å². The monoisotopic (exact) mass is 309 g/mol. The number of hydrogen-bond donors (Lipinski definition) is 1. The van der Waals surface area contributed by atoms with Crippen LogP contribution in [-0.4, -0.2) is 34.1 Å². The first-order chi connectivity index (χ1) is 9.69. The highest BCUT2D eigenvalue weighted by molar-refractivity contribution is 7.71. The lowest BCUT2D eigenvalue weighted by Crippen LogP contribution is -2.35. The third-order valence-electron chi connectivity index (χ3n) is 4.14. The summed E-state index contributed by atoms with van der Waals surface area (Å²) in [4.78, 5) is 5.84. The number of nitrogens with one attached hydrogen (secondary N) is 1. The van der Waals surface area contributed by atoms with Crippen LogP contribution in [-0.2, 0) is 0 Å². The molecule has 0 atom stereocenters. The SMILES string of the molecule is CCCN1CCC(n2c(=S)[nH]c3ccc(Cl)cc32)CC1. The molecular weight excluding hydrogens is 290 g/mol. The minimum Gasteiger partial charge on any atom is -0.331 e. The molecule has 0 bridgehead atoms. The highest BCUT2D eigenvalue weighted by Crippen LogP contribution is 2.28. The maximum atomic E-state index is 6.13. The van der Waals surface area contributed by atoms with E-state index in [-0.39, 0.29) is 0 Å². The molecule has 0 saturated carbocycles. The summed E-state index contributed by atoms with van der Waals surface area (Å²) in [6, 6.07) is 6.42. The fourth-order valence-corrected chi connectivity index (χ4v) is 3.70. The molecule has 0 spiro atoms. The van der Waals surface area contributed by atoms with Crippen molar-refractivity contribution in [1.29, 1.82) is 0 Å². The summed E-state index contributed by atoms with van der Waals surface area (Å²) < 4.78 is 3.08. The lowest BCUT2D eigenvalue weighted by molar-refractivity contribution is 0.188. The Balaban J connectivity index is 1.89. The van der Waals surface area contributed by atoms with Gasteiger partial charge in [0, 0.05) is 24.2 Å². The highest BCUT2D eigenvalue weighted by atomic mass is 35.5. The number of H-pyrrole nitrogens is 1. The van der Waals surface area contributed by atoms with Gasteiger partial charge in [-0.25, -0.2) is 0 Å². The number of hydrogen-bond acceptors (Lipinski definition) is 2. The normalized spacial score (nSPS) is 17.9. The van der Waals surface area contributed by atoms with Crippen LogP contribution in [0, 0.1) is 4.77 Å². The molecule has 2 aromatic rings. The second kappa shape index (κ2) is 5.88. The van der Waals surface area contributed by atoms with Crippen molar-refractivity contribution < 1.29 is 0 Å². The van der Waals surface area contributed by atoms with Crippen LogP contribution in [0.25, 0.3) is 11.0 Å². The summed E-state index contributed by atoms with van der Waals surface area (Å²) in [5.74, 6) is 0. The van der Waals surface area contributed by atoms with Crippen molar-refractivity contribution in [3.63, 3.8) is 0 Å². The van der Waals surface area contributed by atoms with Gasteiger partial charge in [0.15, 0.2) is 4.77 Å². The van der Waals surface area contributed by atoms with Crippen molar-refractivity contribution in [2.75, 3.05) is 19.6 Å². The summed E-state index contributed by atoms with van der Waals surface area (Å²) in [7, 11) is 0. The van der Waals surface area contributed by atoms with Gasteiger partial charge in [-0.2, -0.15) is 0 Å². The molecule has 1 saturated heterocycles. The van der Waals surface area contributed by atoms with Crippen LogP contribution < -0.4 is 0 Å². The van der Waals surface area contributed by atoms with Crippen molar-refractivity contribution >= 4 is 34.9 Å². The zero-order valence-electron chi connectivity index (χ0n) is 11.7. The van der Waals surface area contributed by atoms with Gasteiger partial charge in [0.2, 0.25) is 0 Å². The summed E-state index contributed by atoms with van der Waals surface area (Å²) in [5.41, 5.74) is 2.21. The molecule has 1 N–H and O–H groups in total. The fraction of sp³-hybridized carbons (Fsp3) is 0.533. The predicted octanol–water partition coefficient (Wildman–Crippen LogP) is 4.40. The van der Waals surface area contributed by atoms with Crippen LogP contribution in [0.3, 0.4) is 0 Å². The minimum atomic E-state index is 0.489. The number of piperidine rings is 1. The number of likely N-dealkylation sites (tertiary alicyclic amines) is 1. The molecule has 1 fully saturated rings. The minimum absolute atomic E-state index is 0.489. The summed E-state index contributed by atoms with van der Waals surface area (Å²) in [5, 5.41) is 0.767. The number of aromatic nitrogens is 2. The van der Waals surface area contributed by atoms with Gasteiger partial charge in [0.05, 0.1) is 11.0 Å². The molecule has 0 radical (unpaired) electrons. The van der Waals surface area contributed by atoms with Crippen LogP contribution in [0.5, 0.6) is 0 Å². The molecule has 0 aliphatic carbocycles. The second-order valence-electron chi connectivity index (χ2n) is 5.53. The number of rotatable bonds is 3. The van der Waals surface area contributed by atoms with Crippen molar-refractivity contribution in [3.8, 4) is 0 Å². The number of aromatic amines is 1. The van der Waals surface area contributed by atoms with Crippen LogP contribution in [0.4, 0.5) is 0 Å². The Morgan fingerprint density at radius 2 is 2.10 bits per heavy atom. The lowest BCUT2D eigenvalue weighted by Gasteiger charge is -2.32. The molecule has 1 aromatic carbocycles. The standard InChI is InChI=1S/C15H20ClN3S/c1-2-7-18-8-5-12(6-9-18)19-14-10-11(16)3-4-13(14)17-15(19)20/h3-4,10,12H,2,5-9H2,1H3,(H,17,20). The highest BCUT2D eigenvalue weighted by Gasteiger charge is 2.22. The second-order valence-corrected chi connectivity index (χ2v) is 6.36. The lowest BCUT2D eigenvalue weighted by atomic mass is 10.0. The van der Waals surface area contributed by atoms with Crippen molar-refractivity contribution in [2.24, 2.45) is 0 Å². The van der Waals surface area contributed by atoms with E-state index in [4.69, 9.17) is 23.8 Å². The van der Waals surface area contributed by atoms with Gasteiger partial charge >= 0.3 is 0 Å². The zero-order valence-corrected chi connectivity index (χ0v) is 13.3. The average molecular weight is 310 g/mol. The van der Waals surface area contributed by atoms with Crippen molar-refractivity contribution in [2.45, 2.75) is 32.2 Å². The quantitative estimate of drug-likeness (QED) is 0.850. The van der Waals surface area contributed by atoms with Crippen molar-refractivity contribution in [1.82, 2.24) is 14.5 Å². The van der Waals surface area contributed by atoms with Gasteiger partial charge < -0.3 is 14.5 Å². The summed E-state index contributed by atoms with van der Waals surface area (Å²) in [6.45, 7) is 5.77. The molecule has 1 aromatic heterocycles. The molecule has 0 unspecified atom stereocenters. The van der Waals surface area contributed by atoms with Crippen LogP contribution in [0.2, 0.25) is 5.02 Å². The Morgan fingerprint density at radius 1 is 1.35 bits per heavy atom. The maximum Gasteiger partial charge on any atom is 0.178 e. The largest absolute Gasteiger partial charge is 0.331 e. The van der Waals surface area contributed by atoms with Gasteiger partial charge in [-0.3, -0.25) is 0 Å². The van der Waals surface area contributed by atoms with E-state index in [9.17, 15) is 0 Å². The van der Waals surface area contributed by atoms with Gasteiger partial charge in [0.1, 0.15) is 0 Å². The Hall–Kier alpha value is -0.840. The molecule has 0 amide bonds. The molecule has 3 nitrogen and oxygen atoms in total. The van der Waals surface area contributed by atoms with Gasteiger partial charge in [-0.15, -0.1) is 0 Å². The Kier molecular flexibility index (Phi) is 4.15. The van der Waals surface area contributed by atoms with E-state index >= 15 is 0 Å². The molecule has 20 heavy (non-hydrogen) atoms. The molecule has 2 heterocycles. The average Bonchev–Trinajstić information content (AvgIpc) is 2.76. The van der Waals surface area contributed by atoms with Gasteiger partial charge in [-0.1, -0.05) is 18.5 Å². The van der Waals surface area contributed by atoms with Crippen molar-refractivity contribution in [3.05, 3.63) is 28.0 Å². The fourth-order valence-electron chi connectivity index (χ4n) is 3.17. The molecule has 1 aliphatic rings. The van der Waals surface area contributed by atoms with Crippen LogP contribution >= 0.6 is 23.8 Å². The Morgan fingerprint density at radius 3 is 2.80 bits per heavy atom. The van der Waals surface area contributed by atoms with E-state index in [1.807, 2.05) is 18.2 Å². The first-order valence-corrected chi connectivity index (χ1v) is 8.10. The molecular formula is C15H20ClN3S. The van der Waals surface area contributed by atoms with Gasteiger partial charge in [0.25, 0.3) is 0 Å². The predicted molar refractivity (Wildman–Crippen MR) is 87.1 cm³/mol. The first kappa shape index (κ1) is 14.1. The third-order valence-corrected chi connectivity index (χ3v) is 4.68. The van der Waals surface area contributed by atoms with E-state index in [1.54, 1.807) is 0 Å². The molecule has 108 valence electrons. The third kappa shape index (κ3) is 2.65. The number of halogens is 1. The molecule has 1 aliphatic heterocycles. The summed E-state index contributed by atoms with van der Waals surface area (Å²) >= 11 is 11.6. The van der Waals surface area contributed by atoms with Gasteiger partial charge in [-0.05, 0) is 56.2 Å². The summed E-state index contributed by atoms with van der Waals surface area (Å²) in [6.07, 6.45) is 3.55. The molecule has 3 rings (SSSR count). The van der Waals surface area contributed by atoms with E-state index in [0.29, 0.717) is 6.04 Å². The van der Waals surface area contributed by atoms with E-state index < -0.39 is 0 Å². The van der Waals surface area contributed by atoms with E-state index in [0.717, 1.165) is 46.8 Å². The Labute approximate surface area is 129 Å². The van der Waals surface area contributed by atoms with E-state index in [1.165, 1.54) is 13.0 Å². The zero-order chi connectivity index (χ0) is 14.1. The smallest absolute Gasteiger partial charge is 0.178 e. The van der Waals surface area contributed by atoms with E-state index in [2.05, 4.69) is 21.4 Å². The topological polar surface area (TPSA) is 24.0 Å². The van der Waals surface area contributed by atoms with Crippen LogP contribution in [0.15, 0.2) is 18.2 Å². The first-order valence-electron chi connectivity index (χ1n) is 7.31. The number of benzene rings is 1. The number of imidazole rings is 1.